The maximum absolute atomic E-state index is 12.6. The molecule has 1 aliphatic heterocycles. The van der Waals surface area contributed by atoms with Gasteiger partial charge in [-0.2, -0.15) is 0 Å². The number of likely N-dealkylation sites (tertiary alicyclic amines) is 1. The molecule has 1 saturated heterocycles. The van der Waals surface area contributed by atoms with Crippen LogP contribution in [-0.2, 0) is 9.59 Å². The lowest BCUT2D eigenvalue weighted by Gasteiger charge is -2.34. The Morgan fingerprint density at radius 3 is 2.57 bits per heavy atom. The minimum atomic E-state index is -0.340. The summed E-state index contributed by atoms with van der Waals surface area (Å²) in [6.07, 6.45) is 1.57. The van der Waals surface area contributed by atoms with E-state index in [1.807, 2.05) is 37.3 Å². The lowest BCUT2D eigenvalue weighted by atomic mass is 9.91. The molecule has 1 aromatic rings. The van der Waals surface area contributed by atoms with Gasteiger partial charge in [-0.3, -0.25) is 9.59 Å². The van der Waals surface area contributed by atoms with Gasteiger partial charge in [-0.1, -0.05) is 37.3 Å². The summed E-state index contributed by atoms with van der Waals surface area (Å²) < 4.78 is 0. The molecule has 0 radical (unpaired) electrons. The van der Waals surface area contributed by atoms with Crippen LogP contribution >= 0.6 is 0 Å². The van der Waals surface area contributed by atoms with E-state index in [1.165, 1.54) is 0 Å². The van der Waals surface area contributed by atoms with Crippen LogP contribution in [0.1, 0.15) is 31.4 Å². The Morgan fingerprint density at radius 2 is 1.95 bits per heavy atom. The fraction of sp³-hybridized carbons (Fsp3) is 0.500. The van der Waals surface area contributed by atoms with E-state index in [0.717, 1.165) is 18.4 Å². The molecule has 1 aromatic carbocycles. The summed E-state index contributed by atoms with van der Waals surface area (Å²) in [7, 11) is 0. The number of nitrogens with two attached hydrogens (primary N) is 2. The van der Waals surface area contributed by atoms with Gasteiger partial charge >= 0.3 is 0 Å². The van der Waals surface area contributed by atoms with Crippen molar-refractivity contribution in [3.8, 4) is 0 Å². The highest BCUT2D eigenvalue weighted by Gasteiger charge is 2.31. The van der Waals surface area contributed by atoms with E-state index in [4.69, 9.17) is 11.5 Å². The second-order valence-corrected chi connectivity index (χ2v) is 5.75. The van der Waals surface area contributed by atoms with Gasteiger partial charge < -0.3 is 16.4 Å². The maximum atomic E-state index is 12.6. The van der Waals surface area contributed by atoms with Crippen molar-refractivity contribution < 1.29 is 9.59 Å². The van der Waals surface area contributed by atoms with Crippen molar-refractivity contribution in [2.24, 2.45) is 23.3 Å². The Balaban J connectivity index is 2.03. The van der Waals surface area contributed by atoms with Gasteiger partial charge in [0.05, 0.1) is 11.8 Å². The number of amides is 2. The Bertz CT molecular complexity index is 504. The number of benzene rings is 1. The molecular weight excluding hydrogens is 266 g/mol. The molecule has 5 nitrogen and oxygen atoms in total. The van der Waals surface area contributed by atoms with Gasteiger partial charge in [0, 0.05) is 19.1 Å². The lowest BCUT2D eigenvalue weighted by Crippen LogP contribution is -2.47. The number of carbonyl (C=O) groups is 2. The Morgan fingerprint density at radius 1 is 1.29 bits per heavy atom. The third kappa shape index (κ3) is 3.61. The van der Waals surface area contributed by atoms with Gasteiger partial charge in [0.2, 0.25) is 11.8 Å². The molecule has 5 heteroatoms. The number of rotatable bonds is 4. The van der Waals surface area contributed by atoms with Crippen molar-refractivity contribution in [2.45, 2.75) is 25.8 Å². The minimum absolute atomic E-state index is 0.00250. The highest BCUT2D eigenvalue weighted by Crippen LogP contribution is 2.24. The zero-order valence-corrected chi connectivity index (χ0v) is 12.4. The third-order valence-corrected chi connectivity index (χ3v) is 4.25. The second-order valence-electron chi connectivity index (χ2n) is 5.75. The van der Waals surface area contributed by atoms with Crippen molar-refractivity contribution >= 4 is 11.8 Å². The summed E-state index contributed by atoms with van der Waals surface area (Å²) >= 11 is 0. The molecule has 0 bridgehead atoms. The molecule has 0 saturated carbocycles. The minimum Gasteiger partial charge on any atom is -0.369 e. The van der Waals surface area contributed by atoms with Crippen LogP contribution in [0.15, 0.2) is 30.3 Å². The van der Waals surface area contributed by atoms with Gasteiger partial charge in [-0.05, 0) is 18.4 Å². The SMILES string of the molecule is CC(C(=O)N1CCCC(C(N)=O)C1)C(N)c1ccccc1. The average Bonchev–Trinajstić information content (AvgIpc) is 2.53. The van der Waals surface area contributed by atoms with Crippen LogP contribution < -0.4 is 11.5 Å². The first kappa shape index (κ1) is 15.5. The lowest BCUT2D eigenvalue weighted by molar-refractivity contribution is -0.138. The number of nitrogens with zero attached hydrogens (tertiary/aromatic N) is 1. The van der Waals surface area contributed by atoms with E-state index in [-0.39, 0.29) is 29.7 Å². The van der Waals surface area contributed by atoms with E-state index in [2.05, 4.69) is 0 Å². The van der Waals surface area contributed by atoms with E-state index in [0.29, 0.717) is 13.1 Å². The molecule has 0 spiro atoms. The van der Waals surface area contributed by atoms with E-state index >= 15 is 0 Å². The van der Waals surface area contributed by atoms with Crippen molar-refractivity contribution in [1.29, 1.82) is 0 Å². The first-order chi connectivity index (χ1) is 10.0. The molecule has 2 rings (SSSR count). The second kappa shape index (κ2) is 6.72. The van der Waals surface area contributed by atoms with Gasteiger partial charge in [0.25, 0.3) is 0 Å². The van der Waals surface area contributed by atoms with Gasteiger partial charge in [-0.15, -0.1) is 0 Å². The zero-order chi connectivity index (χ0) is 15.4. The van der Waals surface area contributed by atoms with E-state index in [1.54, 1.807) is 4.90 Å². The molecule has 0 aromatic heterocycles. The first-order valence-corrected chi connectivity index (χ1v) is 7.39. The number of hydrogen-bond acceptors (Lipinski definition) is 3. The van der Waals surface area contributed by atoms with Crippen LogP contribution in [0, 0.1) is 11.8 Å². The quantitative estimate of drug-likeness (QED) is 0.868. The first-order valence-electron chi connectivity index (χ1n) is 7.39. The van der Waals surface area contributed by atoms with E-state index in [9.17, 15) is 9.59 Å². The molecule has 3 unspecified atom stereocenters. The number of hydrogen-bond donors (Lipinski definition) is 2. The average molecular weight is 289 g/mol. The Labute approximate surface area is 125 Å². The normalized spacial score (nSPS) is 21.6. The smallest absolute Gasteiger partial charge is 0.227 e. The van der Waals surface area contributed by atoms with Crippen molar-refractivity contribution in [1.82, 2.24) is 4.90 Å². The molecule has 1 fully saturated rings. The standard InChI is InChI=1S/C16H23N3O2/c1-11(14(17)12-6-3-2-4-7-12)16(21)19-9-5-8-13(10-19)15(18)20/h2-4,6-7,11,13-14H,5,8-10,17H2,1H3,(H2,18,20). The predicted molar refractivity (Wildman–Crippen MR) is 81.0 cm³/mol. The predicted octanol–water partition coefficient (Wildman–Crippen LogP) is 1.05. The highest BCUT2D eigenvalue weighted by atomic mass is 16.2. The summed E-state index contributed by atoms with van der Waals surface area (Å²) in [5, 5.41) is 0. The Kier molecular flexibility index (Phi) is 4.96. The summed E-state index contributed by atoms with van der Waals surface area (Å²) in [6.45, 7) is 2.93. The van der Waals surface area contributed by atoms with Crippen molar-refractivity contribution in [2.75, 3.05) is 13.1 Å². The summed E-state index contributed by atoms with van der Waals surface area (Å²) in [5.41, 5.74) is 12.5. The van der Waals surface area contributed by atoms with Crippen LogP contribution in [-0.4, -0.2) is 29.8 Å². The molecule has 0 aliphatic carbocycles. The molecule has 4 N–H and O–H groups in total. The molecule has 21 heavy (non-hydrogen) atoms. The van der Waals surface area contributed by atoms with Crippen LogP contribution in [0.3, 0.4) is 0 Å². The molecular formula is C16H23N3O2. The summed E-state index contributed by atoms with van der Waals surface area (Å²) in [4.78, 5) is 25.6. The fourth-order valence-electron chi connectivity index (χ4n) is 2.82. The third-order valence-electron chi connectivity index (χ3n) is 4.25. The fourth-order valence-corrected chi connectivity index (χ4v) is 2.82. The molecule has 2 amide bonds. The molecule has 3 atom stereocenters. The Hall–Kier alpha value is -1.88. The number of primary amides is 1. The van der Waals surface area contributed by atoms with Crippen LogP contribution in [0.4, 0.5) is 0 Å². The summed E-state index contributed by atoms with van der Waals surface area (Å²) in [5.74, 6) is -0.883. The molecule has 1 heterocycles. The largest absolute Gasteiger partial charge is 0.369 e. The zero-order valence-electron chi connectivity index (χ0n) is 12.4. The monoisotopic (exact) mass is 289 g/mol. The van der Waals surface area contributed by atoms with Gasteiger partial charge in [0.15, 0.2) is 0 Å². The summed E-state index contributed by atoms with van der Waals surface area (Å²) in [6, 6.07) is 9.26. The highest BCUT2D eigenvalue weighted by molar-refractivity contribution is 5.82. The van der Waals surface area contributed by atoms with Crippen molar-refractivity contribution in [3.63, 3.8) is 0 Å². The van der Waals surface area contributed by atoms with E-state index < -0.39 is 0 Å². The topological polar surface area (TPSA) is 89.4 Å². The van der Waals surface area contributed by atoms with Gasteiger partial charge in [0.1, 0.15) is 0 Å². The molecule has 1 aliphatic rings. The van der Waals surface area contributed by atoms with Crippen molar-refractivity contribution in [3.05, 3.63) is 35.9 Å². The van der Waals surface area contributed by atoms with Crippen LogP contribution in [0.25, 0.3) is 0 Å². The maximum Gasteiger partial charge on any atom is 0.227 e. The van der Waals surface area contributed by atoms with Crippen LogP contribution in [0.2, 0.25) is 0 Å². The van der Waals surface area contributed by atoms with Crippen LogP contribution in [0.5, 0.6) is 0 Å². The number of carbonyl (C=O) groups excluding carboxylic acids is 2. The van der Waals surface area contributed by atoms with Gasteiger partial charge in [-0.25, -0.2) is 0 Å². The number of piperidine rings is 1. The molecule has 114 valence electrons.